The van der Waals surface area contributed by atoms with Crippen LogP contribution >= 0.6 is 0 Å². The van der Waals surface area contributed by atoms with E-state index in [-0.39, 0.29) is 11.4 Å². The Labute approximate surface area is 91.7 Å². The van der Waals surface area contributed by atoms with Crippen LogP contribution in [0.4, 0.5) is 0 Å². The van der Waals surface area contributed by atoms with Crippen molar-refractivity contribution in [2.45, 2.75) is 39.2 Å². The summed E-state index contributed by atoms with van der Waals surface area (Å²) in [5, 5.41) is 3.02. The highest BCUT2D eigenvalue weighted by atomic mass is 16.1. The summed E-state index contributed by atoms with van der Waals surface area (Å²) < 4.78 is 0. The maximum absolute atomic E-state index is 11.7. The molecular weight excluding hydrogens is 186 g/mol. The van der Waals surface area contributed by atoms with Gasteiger partial charge in [0.15, 0.2) is 0 Å². The van der Waals surface area contributed by atoms with Gasteiger partial charge >= 0.3 is 0 Å². The van der Waals surface area contributed by atoms with E-state index in [1.165, 1.54) is 0 Å². The summed E-state index contributed by atoms with van der Waals surface area (Å²) >= 11 is 0. The molecule has 0 aromatic heterocycles. The summed E-state index contributed by atoms with van der Waals surface area (Å²) in [4.78, 5) is 11.7. The van der Waals surface area contributed by atoms with Gasteiger partial charge < -0.3 is 5.32 Å². The number of hydrogen-bond acceptors (Lipinski definition) is 1. The van der Waals surface area contributed by atoms with Crippen molar-refractivity contribution in [1.29, 1.82) is 0 Å². The molecule has 2 heteroatoms. The molecule has 0 fully saturated rings. The Bertz CT molecular complexity index is 317. The van der Waals surface area contributed by atoms with Gasteiger partial charge in [-0.15, -0.1) is 0 Å². The van der Waals surface area contributed by atoms with Gasteiger partial charge in [-0.1, -0.05) is 37.3 Å². The number of hydrogen-bond donors (Lipinski definition) is 1. The Balaban J connectivity index is 2.51. The number of amides is 1. The van der Waals surface area contributed by atoms with E-state index in [0.29, 0.717) is 6.42 Å². The molecule has 0 saturated carbocycles. The zero-order valence-electron chi connectivity index (χ0n) is 9.71. The van der Waals surface area contributed by atoms with Gasteiger partial charge in [0.25, 0.3) is 0 Å². The van der Waals surface area contributed by atoms with Crippen LogP contribution in [0.2, 0.25) is 0 Å². The molecule has 1 amide bonds. The van der Waals surface area contributed by atoms with E-state index in [1.807, 2.05) is 44.2 Å². The molecule has 1 N–H and O–H groups in total. The minimum absolute atomic E-state index is 0.0908. The molecule has 82 valence electrons. The first-order valence-corrected chi connectivity index (χ1v) is 5.38. The fourth-order valence-corrected chi connectivity index (χ4v) is 1.29. The summed E-state index contributed by atoms with van der Waals surface area (Å²) in [6, 6.07) is 9.80. The Hall–Kier alpha value is -1.31. The Kier molecular flexibility index (Phi) is 3.89. The third-order valence-electron chi connectivity index (χ3n) is 2.57. The first-order valence-electron chi connectivity index (χ1n) is 5.38. The molecule has 15 heavy (non-hydrogen) atoms. The quantitative estimate of drug-likeness (QED) is 0.804. The minimum Gasteiger partial charge on any atom is -0.351 e. The van der Waals surface area contributed by atoms with Crippen molar-refractivity contribution < 1.29 is 4.79 Å². The highest BCUT2D eigenvalue weighted by Gasteiger charge is 2.17. The van der Waals surface area contributed by atoms with E-state index in [1.54, 1.807) is 0 Å². The lowest BCUT2D eigenvalue weighted by molar-refractivity contribution is -0.122. The van der Waals surface area contributed by atoms with Crippen molar-refractivity contribution in [3.05, 3.63) is 35.9 Å². The van der Waals surface area contributed by atoms with Gasteiger partial charge in [-0.25, -0.2) is 0 Å². The van der Waals surface area contributed by atoms with E-state index in [0.717, 1.165) is 12.0 Å². The number of nitrogens with one attached hydrogen (secondary N) is 1. The van der Waals surface area contributed by atoms with Crippen molar-refractivity contribution in [1.82, 2.24) is 5.32 Å². The third kappa shape index (κ3) is 4.15. The molecule has 0 aliphatic carbocycles. The second kappa shape index (κ2) is 4.96. The van der Waals surface area contributed by atoms with Gasteiger partial charge in [-0.05, 0) is 25.8 Å². The topological polar surface area (TPSA) is 29.1 Å². The molecule has 1 aromatic carbocycles. The summed E-state index contributed by atoms with van der Waals surface area (Å²) in [6.45, 7) is 6.15. The Morgan fingerprint density at radius 3 is 2.40 bits per heavy atom. The smallest absolute Gasteiger partial charge is 0.224 e. The molecule has 1 rings (SSSR count). The van der Waals surface area contributed by atoms with Crippen LogP contribution in [0.15, 0.2) is 30.3 Å². The lowest BCUT2D eigenvalue weighted by atomic mass is 10.0. The maximum atomic E-state index is 11.7. The SMILES string of the molecule is CCC(C)(C)NC(=O)Cc1ccccc1. The summed E-state index contributed by atoms with van der Waals surface area (Å²) in [5.74, 6) is 0.0908. The molecule has 0 saturated heterocycles. The molecule has 0 aliphatic heterocycles. The molecule has 0 radical (unpaired) electrons. The molecule has 0 atom stereocenters. The number of carbonyl (C=O) groups is 1. The molecule has 0 spiro atoms. The zero-order valence-corrected chi connectivity index (χ0v) is 9.71. The van der Waals surface area contributed by atoms with E-state index in [9.17, 15) is 4.79 Å². The normalized spacial score (nSPS) is 11.1. The van der Waals surface area contributed by atoms with Crippen LogP contribution in [0.5, 0.6) is 0 Å². The second-order valence-electron chi connectivity index (χ2n) is 4.45. The van der Waals surface area contributed by atoms with E-state index >= 15 is 0 Å². The first kappa shape index (κ1) is 11.8. The van der Waals surface area contributed by atoms with Crippen LogP contribution in [0.3, 0.4) is 0 Å². The van der Waals surface area contributed by atoms with Gasteiger partial charge in [0, 0.05) is 5.54 Å². The largest absolute Gasteiger partial charge is 0.351 e. The van der Waals surface area contributed by atoms with Crippen LogP contribution in [-0.4, -0.2) is 11.4 Å². The average Bonchev–Trinajstić information content (AvgIpc) is 2.18. The third-order valence-corrected chi connectivity index (χ3v) is 2.57. The van der Waals surface area contributed by atoms with Gasteiger partial charge in [-0.2, -0.15) is 0 Å². The van der Waals surface area contributed by atoms with Crippen molar-refractivity contribution in [2.75, 3.05) is 0 Å². The summed E-state index contributed by atoms with van der Waals surface area (Å²) in [7, 11) is 0. The van der Waals surface area contributed by atoms with Gasteiger partial charge in [0.05, 0.1) is 6.42 Å². The van der Waals surface area contributed by atoms with E-state index in [2.05, 4.69) is 12.2 Å². The highest BCUT2D eigenvalue weighted by molar-refractivity contribution is 5.79. The standard InChI is InChI=1S/C13H19NO/c1-4-13(2,3)14-12(15)10-11-8-6-5-7-9-11/h5-9H,4,10H2,1-3H3,(H,14,15). The van der Waals surface area contributed by atoms with Crippen molar-refractivity contribution in [2.24, 2.45) is 0 Å². The van der Waals surface area contributed by atoms with Gasteiger partial charge in [0.1, 0.15) is 0 Å². The number of rotatable bonds is 4. The maximum Gasteiger partial charge on any atom is 0.224 e. The van der Waals surface area contributed by atoms with Crippen LogP contribution in [-0.2, 0) is 11.2 Å². The Morgan fingerprint density at radius 2 is 1.87 bits per heavy atom. The summed E-state index contributed by atoms with van der Waals surface area (Å²) in [5.41, 5.74) is 0.952. The monoisotopic (exact) mass is 205 g/mol. The average molecular weight is 205 g/mol. The Morgan fingerprint density at radius 1 is 1.27 bits per heavy atom. The molecule has 0 bridgehead atoms. The van der Waals surface area contributed by atoms with Crippen LogP contribution in [0, 0.1) is 0 Å². The highest BCUT2D eigenvalue weighted by Crippen LogP contribution is 2.08. The van der Waals surface area contributed by atoms with Gasteiger partial charge in [0.2, 0.25) is 5.91 Å². The van der Waals surface area contributed by atoms with E-state index < -0.39 is 0 Å². The van der Waals surface area contributed by atoms with Crippen LogP contribution in [0.1, 0.15) is 32.8 Å². The number of carbonyl (C=O) groups excluding carboxylic acids is 1. The zero-order chi connectivity index (χ0) is 11.3. The minimum atomic E-state index is -0.105. The van der Waals surface area contributed by atoms with E-state index in [4.69, 9.17) is 0 Å². The summed E-state index contributed by atoms with van der Waals surface area (Å²) in [6.07, 6.45) is 1.40. The molecule has 1 aromatic rings. The van der Waals surface area contributed by atoms with Crippen molar-refractivity contribution in [3.63, 3.8) is 0 Å². The second-order valence-corrected chi connectivity index (χ2v) is 4.45. The predicted octanol–water partition coefficient (Wildman–Crippen LogP) is 2.53. The fraction of sp³-hybridized carbons (Fsp3) is 0.462. The molecule has 0 heterocycles. The lowest BCUT2D eigenvalue weighted by Crippen LogP contribution is -2.43. The van der Waals surface area contributed by atoms with Gasteiger partial charge in [-0.3, -0.25) is 4.79 Å². The van der Waals surface area contributed by atoms with Crippen molar-refractivity contribution >= 4 is 5.91 Å². The first-order chi connectivity index (χ1) is 7.03. The predicted molar refractivity (Wildman–Crippen MR) is 62.7 cm³/mol. The number of benzene rings is 1. The molecule has 0 unspecified atom stereocenters. The molecular formula is C13H19NO. The van der Waals surface area contributed by atoms with Crippen LogP contribution < -0.4 is 5.32 Å². The molecule has 2 nitrogen and oxygen atoms in total. The fourth-order valence-electron chi connectivity index (χ4n) is 1.29. The lowest BCUT2D eigenvalue weighted by Gasteiger charge is -2.24. The van der Waals surface area contributed by atoms with Crippen molar-refractivity contribution in [3.8, 4) is 0 Å². The van der Waals surface area contributed by atoms with Crippen LogP contribution in [0.25, 0.3) is 0 Å². The molecule has 0 aliphatic rings.